The van der Waals surface area contributed by atoms with E-state index < -0.39 is 19.6 Å². The van der Waals surface area contributed by atoms with E-state index in [1.807, 2.05) is 69.2 Å². The minimum atomic E-state index is -3.86. The van der Waals surface area contributed by atoms with Gasteiger partial charge >= 0.3 is 125 Å². The summed E-state index contributed by atoms with van der Waals surface area (Å²) in [5.74, 6) is 0. The Hall–Kier alpha value is 0.419. The van der Waals surface area contributed by atoms with Crippen LogP contribution in [-0.4, -0.2) is 36.4 Å². The van der Waals surface area contributed by atoms with Crippen LogP contribution in [0.1, 0.15) is 69.2 Å². The molecule has 0 rings (SSSR count). The van der Waals surface area contributed by atoms with E-state index in [9.17, 15) is 0 Å². The molecule has 0 radical (unpaired) electrons. The fraction of sp³-hybridized carbons (Fsp3) is 0.867. The van der Waals surface area contributed by atoms with E-state index in [0.717, 1.165) is 3.59 Å². The van der Waals surface area contributed by atoms with Gasteiger partial charge in [-0.1, -0.05) is 0 Å². The average molecular weight is 379 g/mol. The van der Waals surface area contributed by atoms with E-state index in [-0.39, 0.29) is 16.8 Å². The summed E-state index contributed by atoms with van der Waals surface area (Å²) < 4.78 is 19.8. The van der Waals surface area contributed by atoms with Crippen LogP contribution in [0.2, 0.25) is 0 Å². The predicted octanol–water partition coefficient (Wildman–Crippen LogP) is 4.49. The molecule has 0 aliphatic rings. The summed E-state index contributed by atoms with van der Waals surface area (Å²) in [6.07, 6.45) is 0. The van der Waals surface area contributed by atoms with Crippen LogP contribution in [0.15, 0.2) is 10.2 Å². The first kappa shape index (κ1) is 19.4. The van der Waals surface area contributed by atoms with Crippen molar-refractivity contribution in [3.63, 3.8) is 0 Å². The second-order valence-corrected chi connectivity index (χ2v) is 15.3. The Morgan fingerprint density at radius 2 is 0.895 bits per heavy atom. The summed E-state index contributed by atoms with van der Waals surface area (Å²) in [7, 11) is 0. The molecule has 3 nitrogen and oxygen atoms in total. The van der Waals surface area contributed by atoms with Gasteiger partial charge in [0.2, 0.25) is 0 Å². The van der Waals surface area contributed by atoms with E-state index in [4.69, 9.17) is 9.22 Å². The molecule has 19 heavy (non-hydrogen) atoms. The summed E-state index contributed by atoms with van der Waals surface area (Å²) >= 11 is -3.86. The van der Waals surface area contributed by atoms with Gasteiger partial charge in [0, 0.05) is 0 Å². The van der Waals surface area contributed by atoms with Crippen LogP contribution in [0.4, 0.5) is 0 Å². The fourth-order valence-corrected chi connectivity index (χ4v) is 10.3. The van der Waals surface area contributed by atoms with Crippen LogP contribution in [0, 0.1) is 0 Å². The molecule has 0 amide bonds. The summed E-state index contributed by atoms with van der Waals surface area (Å²) in [6, 6.07) is 0. The first-order valence-corrected chi connectivity index (χ1v) is 11.8. The van der Waals surface area contributed by atoms with E-state index in [1.165, 1.54) is 0 Å². The van der Waals surface area contributed by atoms with Gasteiger partial charge in [-0.15, -0.1) is 0 Å². The van der Waals surface area contributed by atoms with Gasteiger partial charge in [-0.05, 0) is 0 Å². The van der Waals surface area contributed by atoms with Crippen molar-refractivity contribution < 1.29 is 9.22 Å². The zero-order chi connectivity index (χ0) is 15.7. The first-order chi connectivity index (χ1) is 8.06. The minimum absolute atomic E-state index is 0.314. The maximum atomic E-state index is 6.30. The average Bonchev–Trinajstić information content (AvgIpc) is 1.91. The van der Waals surface area contributed by atoms with E-state index in [0.29, 0.717) is 0 Å². The quantitative estimate of drug-likeness (QED) is 0.674. The Kier molecular flexibility index (Phi) is 6.17. The molecule has 0 atom stereocenters. The van der Waals surface area contributed by atoms with Crippen LogP contribution in [0.3, 0.4) is 0 Å². The van der Waals surface area contributed by atoms with Crippen LogP contribution in [0.25, 0.3) is 0 Å². The third kappa shape index (κ3) is 8.33. The van der Waals surface area contributed by atoms with Crippen molar-refractivity contribution >= 4 is 19.6 Å². The second-order valence-electron chi connectivity index (χ2n) is 7.98. The van der Waals surface area contributed by atoms with Crippen LogP contribution in [-0.2, 0) is 9.22 Å². The molecule has 0 aromatic rings. The summed E-state index contributed by atoms with van der Waals surface area (Å²) in [5.41, 5.74) is -0.942. The number of rotatable bonds is 4. The van der Waals surface area contributed by atoms with Gasteiger partial charge in [-0.2, -0.15) is 0 Å². The van der Waals surface area contributed by atoms with Crippen molar-refractivity contribution in [1.29, 1.82) is 0 Å². The number of hydrogen-bond acceptors (Lipinski definition) is 3. The van der Waals surface area contributed by atoms with Crippen LogP contribution < -0.4 is 0 Å². The zero-order valence-electron chi connectivity index (χ0n) is 14.4. The number of allylic oxidation sites excluding steroid dienone is 1. The molecule has 4 heteroatoms. The van der Waals surface area contributed by atoms with Crippen molar-refractivity contribution in [2.45, 2.75) is 86.0 Å². The van der Waals surface area contributed by atoms with E-state index >= 15 is 0 Å². The first-order valence-electron chi connectivity index (χ1n) is 6.83. The van der Waals surface area contributed by atoms with Gasteiger partial charge in [-0.25, -0.2) is 0 Å². The van der Waals surface area contributed by atoms with E-state index in [1.54, 1.807) is 0 Å². The molecule has 0 unspecified atom stereocenters. The Morgan fingerprint density at radius 3 is 1.00 bits per heavy atom. The van der Waals surface area contributed by atoms with Gasteiger partial charge in [0.1, 0.15) is 0 Å². The molecule has 0 saturated carbocycles. The van der Waals surface area contributed by atoms with Gasteiger partial charge in [0.15, 0.2) is 0 Å². The molecular formula is C15H32O3Sn. The topological polar surface area (TPSA) is 27.7 Å². The van der Waals surface area contributed by atoms with Gasteiger partial charge in [-0.3, -0.25) is 0 Å². The maximum absolute atomic E-state index is 6.30. The van der Waals surface area contributed by atoms with Crippen molar-refractivity contribution in [2.75, 3.05) is 0 Å². The standard InChI is InChI=1S/3C4H9O.C3H5.Sn/c3*1-4(2,3)5;1-3-2;/h3*1-3H3;1H2,2H3;/q3*-1;;+3. The monoisotopic (exact) mass is 380 g/mol. The molecule has 0 heterocycles. The third-order valence-corrected chi connectivity index (χ3v) is 12.4. The second kappa shape index (κ2) is 6.04. The molecule has 0 N–H and O–H groups in total. The van der Waals surface area contributed by atoms with Crippen LogP contribution in [0.5, 0.6) is 0 Å². The molecule has 0 aromatic carbocycles. The molecule has 0 aliphatic carbocycles. The Balaban J connectivity index is 5.55. The van der Waals surface area contributed by atoms with Crippen molar-refractivity contribution in [1.82, 2.24) is 0 Å². The Bertz CT molecular complexity index is 275. The molecule has 0 aromatic heterocycles. The van der Waals surface area contributed by atoms with Crippen molar-refractivity contribution in [3.05, 3.63) is 10.2 Å². The SMILES string of the molecule is C=[C](C)[Sn]([O]C(C)(C)C)([O]C(C)(C)C)[O]C(C)(C)C. The predicted molar refractivity (Wildman–Crippen MR) is 83.1 cm³/mol. The summed E-state index contributed by atoms with van der Waals surface area (Å²) in [6.45, 7) is 24.3. The summed E-state index contributed by atoms with van der Waals surface area (Å²) in [4.78, 5) is 0. The van der Waals surface area contributed by atoms with Crippen LogP contribution >= 0.6 is 0 Å². The molecule has 0 aliphatic heterocycles. The summed E-state index contributed by atoms with van der Waals surface area (Å²) in [5, 5.41) is 0. The molecule has 0 bridgehead atoms. The molecule has 114 valence electrons. The normalized spacial score (nSPS) is 14.6. The molecule has 0 saturated heterocycles. The van der Waals surface area contributed by atoms with E-state index in [2.05, 4.69) is 6.58 Å². The van der Waals surface area contributed by atoms with Crippen molar-refractivity contribution in [2.24, 2.45) is 0 Å². The molecular weight excluding hydrogens is 347 g/mol. The van der Waals surface area contributed by atoms with Gasteiger partial charge < -0.3 is 0 Å². The molecule has 0 spiro atoms. The Morgan fingerprint density at radius 1 is 0.684 bits per heavy atom. The van der Waals surface area contributed by atoms with Crippen molar-refractivity contribution in [3.8, 4) is 0 Å². The van der Waals surface area contributed by atoms with Gasteiger partial charge in [0.25, 0.3) is 0 Å². The van der Waals surface area contributed by atoms with Gasteiger partial charge in [0.05, 0.1) is 0 Å². The molecule has 0 fully saturated rings. The zero-order valence-corrected chi connectivity index (χ0v) is 17.3. The Labute approximate surface area is 125 Å². The number of hydrogen-bond donors (Lipinski definition) is 0. The third-order valence-electron chi connectivity index (χ3n) is 1.84. The fourth-order valence-electron chi connectivity index (χ4n) is 1.53.